The van der Waals surface area contributed by atoms with Gasteiger partial charge in [0.05, 0.1) is 23.3 Å². The quantitative estimate of drug-likeness (QED) is 0.403. The Morgan fingerprint density at radius 2 is 1.94 bits per heavy atom. The predicted octanol–water partition coefficient (Wildman–Crippen LogP) is 4.52. The number of allylic oxidation sites excluding steroid dienone is 1. The van der Waals surface area contributed by atoms with Crippen LogP contribution in [0.25, 0.3) is 6.08 Å². The molecule has 2 aromatic rings. The van der Waals surface area contributed by atoms with Gasteiger partial charge in [0, 0.05) is 12.1 Å². The van der Waals surface area contributed by atoms with Crippen molar-refractivity contribution in [3.8, 4) is 0 Å². The smallest absolute Gasteiger partial charge is 0.432 e. The molecule has 2 aliphatic rings. The van der Waals surface area contributed by atoms with Crippen LogP contribution in [0.4, 0.5) is 24.5 Å². The number of nitro groups is 1. The zero-order valence-electron chi connectivity index (χ0n) is 16.0. The number of non-ortho nitro benzene ring substituents is 1. The summed E-state index contributed by atoms with van der Waals surface area (Å²) < 4.78 is 53.6. The van der Waals surface area contributed by atoms with Gasteiger partial charge in [-0.15, -0.1) is 0 Å². The van der Waals surface area contributed by atoms with Gasteiger partial charge in [-0.2, -0.15) is 13.2 Å². The molecule has 0 saturated heterocycles. The molecule has 0 amide bonds. The molecule has 160 valence electrons. The summed E-state index contributed by atoms with van der Waals surface area (Å²) in [6.45, 7) is 0. The van der Waals surface area contributed by atoms with Crippen molar-refractivity contribution >= 4 is 23.4 Å². The number of nitrogens with zero attached hydrogens (tertiary/aromatic N) is 2. The van der Waals surface area contributed by atoms with Crippen molar-refractivity contribution < 1.29 is 32.4 Å². The molecule has 4 rings (SSSR count). The maximum atomic E-state index is 14.4. The Balaban J connectivity index is 1.99. The van der Waals surface area contributed by atoms with Crippen LogP contribution in [0.15, 0.2) is 65.9 Å². The third-order valence-corrected chi connectivity index (χ3v) is 4.98. The van der Waals surface area contributed by atoms with Crippen molar-refractivity contribution in [2.45, 2.75) is 18.5 Å². The average Bonchev–Trinajstić information content (AvgIpc) is 2.76. The van der Waals surface area contributed by atoms with Crippen LogP contribution < -0.4 is 4.90 Å². The van der Waals surface area contributed by atoms with E-state index in [4.69, 9.17) is 4.74 Å². The Kier molecular flexibility index (Phi) is 5.02. The number of rotatable bonds is 3. The molecule has 0 spiro atoms. The highest BCUT2D eigenvalue weighted by Crippen LogP contribution is 2.48. The summed E-state index contributed by atoms with van der Waals surface area (Å²) >= 11 is 0. The number of ether oxygens (including phenoxy) is 2. The van der Waals surface area contributed by atoms with E-state index in [9.17, 15) is 28.1 Å². The van der Waals surface area contributed by atoms with E-state index < -0.39 is 40.7 Å². The number of methoxy groups -OCH3 is 1. The molecule has 0 aromatic heterocycles. The van der Waals surface area contributed by atoms with E-state index in [2.05, 4.69) is 4.74 Å². The van der Waals surface area contributed by atoms with Gasteiger partial charge in [0.25, 0.3) is 5.69 Å². The van der Waals surface area contributed by atoms with Crippen molar-refractivity contribution in [3.05, 3.63) is 87.1 Å². The predicted molar refractivity (Wildman–Crippen MR) is 104 cm³/mol. The summed E-state index contributed by atoms with van der Waals surface area (Å²) in [7, 11) is 0.962. The molecule has 0 radical (unpaired) electrons. The highest BCUT2D eigenvalue weighted by molar-refractivity contribution is 5.93. The van der Waals surface area contributed by atoms with Gasteiger partial charge in [-0.25, -0.2) is 4.79 Å². The number of fused-ring (bicyclic) bond motifs is 3. The number of alkyl halides is 3. The summed E-state index contributed by atoms with van der Waals surface area (Å²) in [5.74, 6) is -1.24. The number of anilines is 1. The minimum Gasteiger partial charge on any atom is -0.466 e. The van der Waals surface area contributed by atoms with Gasteiger partial charge in [-0.1, -0.05) is 36.4 Å². The van der Waals surface area contributed by atoms with Crippen LogP contribution in [0, 0.1) is 10.1 Å². The van der Waals surface area contributed by atoms with Crippen molar-refractivity contribution in [1.29, 1.82) is 0 Å². The second-order valence-electron chi connectivity index (χ2n) is 6.80. The number of benzene rings is 2. The number of hydrogen-bond donors (Lipinski definition) is 0. The molecule has 0 unspecified atom stereocenters. The lowest BCUT2D eigenvalue weighted by Crippen LogP contribution is -2.49. The summed E-state index contributed by atoms with van der Waals surface area (Å²) in [5.41, 5.74) is -1.60. The van der Waals surface area contributed by atoms with Crippen LogP contribution in [0.5, 0.6) is 0 Å². The van der Waals surface area contributed by atoms with Crippen LogP contribution in [-0.2, 0) is 14.3 Å². The molecular formula is C21H15F3N2O5. The molecule has 2 heterocycles. The molecular weight excluding hydrogens is 417 g/mol. The topological polar surface area (TPSA) is 81.9 Å². The van der Waals surface area contributed by atoms with E-state index in [-0.39, 0.29) is 16.9 Å². The Labute approximate surface area is 174 Å². The van der Waals surface area contributed by atoms with E-state index >= 15 is 0 Å². The second-order valence-corrected chi connectivity index (χ2v) is 6.80. The first kappa shape index (κ1) is 20.6. The summed E-state index contributed by atoms with van der Waals surface area (Å²) in [4.78, 5) is 24.0. The largest absolute Gasteiger partial charge is 0.466 e. The molecule has 0 fully saturated rings. The van der Waals surface area contributed by atoms with Gasteiger partial charge in [0.2, 0.25) is 0 Å². The van der Waals surface area contributed by atoms with Gasteiger partial charge in [-0.05, 0) is 23.3 Å². The van der Waals surface area contributed by atoms with Crippen molar-refractivity contribution in [2.75, 3.05) is 12.0 Å². The molecule has 0 bridgehead atoms. The van der Waals surface area contributed by atoms with Crippen LogP contribution >= 0.6 is 0 Å². The Morgan fingerprint density at radius 1 is 1.19 bits per heavy atom. The maximum absolute atomic E-state index is 14.4. The highest BCUT2D eigenvalue weighted by atomic mass is 19.4. The third kappa shape index (κ3) is 3.55. The van der Waals surface area contributed by atoms with Gasteiger partial charge < -0.3 is 14.4 Å². The lowest BCUT2D eigenvalue weighted by atomic mass is 9.94. The zero-order valence-corrected chi connectivity index (χ0v) is 16.0. The van der Waals surface area contributed by atoms with Crippen LogP contribution in [-0.4, -0.2) is 30.4 Å². The summed E-state index contributed by atoms with van der Waals surface area (Å²) in [5, 5.41) is 11.2. The maximum Gasteiger partial charge on any atom is 0.432 e. The second kappa shape index (κ2) is 7.55. The molecule has 0 saturated carbocycles. The van der Waals surface area contributed by atoms with Crippen LogP contribution in [0.2, 0.25) is 0 Å². The first-order chi connectivity index (χ1) is 14.7. The molecule has 31 heavy (non-hydrogen) atoms. The fourth-order valence-electron chi connectivity index (χ4n) is 3.72. The molecule has 2 atom stereocenters. The zero-order chi connectivity index (χ0) is 22.3. The number of esters is 1. The number of carbonyl (C=O) groups is 1. The Bertz CT molecular complexity index is 1130. The van der Waals surface area contributed by atoms with Crippen LogP contribution in [0.3, 0.4) is 0 Å². The lowest BCUT2D eigenvalue weighted by molar-refractivity contribution is -0.385. The number of nitro benzene ring substituents is 1. The van der Waals surface area contributed by atoms with E-state index in [1.165, 1.54) is 30.3 Å². The first-order valence-electron chi connectivity index (χ1n) is 9.08. The van der Waals surface area contributed by atoms with Crippen molar-refractivity contribution in [3.63, 3.8) is 0 Å². The van der Waals surface area contributed by atoms with Crippen molar-refractivity contribution in [1.82, 2.24) is 0 Å². The van der Waals surface area contributed by atoms with Crippen LogP contribution in [0.1, 0.15) is 17.2 Å². The lowest BCUT2D eigenvalue weighted by Gasteiger charge is -2.44. The number of halogens is 3. The standard InChI is InChI=1S/C21H15F3N2O5/c1-30-20(27)17-18(13-6-4-7-14(11-13)26(28)29)31-16-10-9-12-5-2-3-8-15(12)25(16)19(17)21(22,23)24/h2-11,16,18H,1H3/t16-,18+/m1/s1. The normalized spacial score (nSPS) is 20.2. The Morgan fingerprint density at radius 3 is 2.61 bits per heavy atom. The number of carbonyl (C=O) groups excluding carboxylic acids is 1. The van der Waals surface area contributed by atoms with E-state index in [0.29, 0.717) is 5.56 Å². The molecule has 2 aromatic carbocycles. The summed E-state index contributed by atoms with van der Waals surface area (Å²) in [6.07, 6.45) is -4.60. The highest BCUT2D eigenvalue weighted by Gasteiger charge is 2.51. The van der Waals surface area contributed by atoms with Gasteiger partial charge in [-0.3, -0.25) is 10.1 Å². The fraction of sp³-hybridized carbons (Fsp3) is 0.190. The molecule has 0 aliphatic carbocycles. The third-order valence-electron chi connectivity index (χ3n) is 4.98. The molecule has 2 aliphatic heterocycles. The van der Waals surface area contributed by atoms with E-state index in [1.807, 2.05) is 0 Å². The first-order valence-corrected chi connectivity index (χ1v) is 9.08. The number of hydrogen-bond acceptors (Lipinski definition) is 6. The minimum absolute atomic E-state index is 0.0308. The average molecular weight is 432 g/mol. The van der Waals surface area contributed by atoms with Crippen molar-refractivity contribution in [2.24, 2.45) is 0 Å². The Hall–Kier alpha value is -3.66. The van der Waals surface area contributed by atoms with Gasteiger partial charge in [0.15, 0.2) is 6.23 Å². The SMILES string of the molecule is COC(=O)C1=C(C(F)(F)F)N2c3ccccc3C=C[C@H]2O[C@H]1c1cccc([N+](=O)[O-])c1. The summed E-state index contributed by atoms with van der Waals surface area (Å²) in [6, 6.07) is 11.3. The molecule has 0 N–H and O–H groups in total. The number of para-hydroxylation sites is 1. The van der Waals surface area contributed by atoms with E-state index in [1.54, 1.807) is 24.3 Å². The minimum atomic E-state index is -4.94. The van der Waals surface area contributed by atoms with Gasteiger partial charge >= 0.3 is 12.1 Å². The van der Waals surface area contributed by atoms with E-state index in [0.717, 1.165) is 18.1 Å². The molecule has 7 nitrogen and oxygen atoms in total. The fourth-order valence-corrected chi connectivity index (χ4v) is 3.72. The molecule has 10 heteroatoms. The monoisotopic (exact) mass is 432 g/mol. The van der Waals surface area contributed by atoms with Gasteiger partial charge in [0.1, 0.15) is 11.8 Å².